The number of rotatable bonds is 2. The molecular formula is C10H8N2O6S2. The molecule has 8 nitrogen and oxygen atoms in total. The Bertz CT molecular complexity index is 863. The summed E-state index contributed by atoms with van der Waals surface area (Å²) in [5.41, 5.74) is 8.44. The molecule has 0 saturated heterocycles. The Balaban J connectivity index is 2.89. The van der Waals surface area contributed by atoms with Crippen molar-refractivity contribution in [3.8, 4) is 0 Å². The summed E-state index contributed by atoms with van der Waals surface area (Å²) in [7, 11) is -9.48. The molecule has 1 aromatic carbocycles. The molecule has 1 aromatic rings. The molecule has 0 saturated carbocycles. The van der Waals surface area contributed by atoms with Gasteiger partial charge in [-0.05, 0) is 17.7 Å². The Kier molecular flexibility index (Phi) is 3.36. The molecule has 106 valence electrons. The van der Waals surface area contributed by atoms with Crippen molar-refractivity contribution in [3.63, 3.8) is 0 Å². The fraction of sp³-hybridized carbons (Fsp3) is 0.100. The highest BCUT2D eigenvalue weighted by Crippen LogP contribution is 2.34. The Morgan fingerprint density at radius 1 is 1.10 bits per heavy atom. The summed E-state index contributed by atoms with van der Waals surface area (Å²) >= 11 is 0. The van der Waals surface area contributed by atoms with Crippen molar-refractivity contribution in [1.82, 2.24) is 0 Å². The number of hydrogen-bond acceptors (Lipinski definition) is 4. The van der Waals surface area contributed by atoms with Gasteiger partial charge in [-0.15, -0.1) is 0 Å². The summed E-state index contributed by atoms with van der Waals surface area (Å²) in [6.07, 6.45) is 0.613. The first-order valence-electron chi connectivity index (χ1n) is 5.13. The summed E-state index contributed by atoms with van der Waals surface area (Å²) in [6.45, 7) is 0. The average Bonchev–Trinajstić information content (AvgIpc) is 2.34. The van der Waals surface area contributed by atoms with Gasteiger partial charge >= 0.3 is 15.8 Å². The van der Waals surface area contributed by atoms with Crippen LogP contribution in [0.25, 0.3) is 5.53 Å². The third-order valence-corrected chi connectivity index (χ3v) is 4.67. The van der Waals surface area contributed by atoms with Crippen molar-refractivity contribution in [1.29, 1.82) is 0 Å². The zero-order valence-electron chi connectivity index (χ0n) is 9.70. The van der Waals surface area contributed by atoms with E-state index in [0.29, 0.717) is 6.08 Å². The lowest BCUT2D eigenvalue weighted by atomic mass is 9.95. The summed E-state index contributed by atoms with van der Waals surface area (Å²) in [4.78, 5) is 1.90. The molecule has 10 heteroatoms. The monoisotopic (exact) mass is 316 g/mol. The standard InChI is InChI=1S/C10H8N2O6S2/c11-12-10-7-4-2-1-3-6(7)8(19(13,14)15)5-9(10)20(16,17)18/h1-5,8H,(H,13,14,15)(H,16,17,18). The first-order chi connectivity index (χ1) is 9.16. The minimum Gasteiger partial charge on any atom is -0.361 e. The van der Waals surface area contributed by atoms with E-state index in [4.69, 9.17) is 10.1 Å². The maximum absolute atomic E-state index is 11.3. The molecule has 0 aliphatic heterocycles. The van der Waals surface area contributed by atoms with Gasteiger partial charge in [-0.2, -0.15) is 21.6 Å². The first-order valence-corrected chi connectivity index (χ1v) is 8.08. The summed E-state index contributed by atoms with van der Waals surface area (Å²) in [6, 6.07) is 5.56. The first kappa shape index (κ1) is 14.6. The van der Waals surface area contributed by atoms with E-state index in [1.807, 2.05) is 0 Å². The smallest absolute Gasteiger partial charge is 0.343 e. The largest absolute Gasteiger partial charge is 0.361 e. The van der Waals surface area contributed by atoms with E-state index in [1.54, 1.807) is 0 Å². The molecule has 1 unspecified atom stereocenters. The zero-order chi connectivity index (χ0) is 15.1. The second kappa shape index (κ2) is 4.62. The Morgan fingerprint density at radius 2 is 1.70 bits per heavy atom. The van der Waals surface area contributed by atoms with Gasteiger partial charge in [-0.1, -0.05) is 18.2 Å². The fourth-order valence-electron chi connectivity index (χ4n) is 1.96. The molecule has 0 radical (unpaired) electrons. The molecule has 0 heterocycles. The highest BCUT2D eigenvalue weighted by Gasteiger charge is 2.41. The van der Waals surface area contributed by atoms with E-state index in [-0.39, 0.29) is 11.1 Å². The van der Waals surface area contributed by atoms with Crippen LogP contribution in [0.2, 0.25) is 0 Å². The van der Waals surface area contributed by atoms with Gasteiger partial charge in [-0.25, -0.2) is 0 Å². The SMILES string of the molecule is [N-]=[N+]=C1C(S(=O)(=O)O)=CC(S(=O)(=O)O)c2ccccc21. The van der Waals surface area contributed by atoms with Crippen molar-refractivity contribution in [2.24, 2.45) is 0 Å². The second-order valence-corrected chi connectivity index (χ2v) is 6.91. The topological polar surface area (TPSA) is 145 Å². The molecule has 0 spiro atoms. The van der Waals surface area contributed by atoms with Gasteiger partial charge in [0.2, 0.25) is 0 Å². The van der Waals surface area contributed by atoms with Crippen LogP contribution in [-0.4, -0.2) is 36.4 Å². The van der Waals surface area contributed by atoms with E-state index in [9.17, 15) is 21.4 Å². The normalized spacial score (nSPS) is 19.0. The Morgan fingerprint density at radius 3 is 2.20 bits per heavy atom. The highest BCUT2D eigenvalue weighted by atomic mass is 32.2. The maximum Gasteiger partial charge on any atom is 0.343 e. The molecule has 1 atom stereocenters. The molecule has 0 bridgehead atoms. The third-order valence-electron chi connectivity index (χ3n) is 2.76. The molecule has 0 fully saturated rings. The van der Waals surface area contributed by atoms with Crippen LogP contribution in [0.3, 0.4) is 0 Å². The van der Waals surface area contributed by atoms with Crippen LogP contribution >= 0.6 is 0 Å². The van der Waals surface area contributed by atoms with Crippen LogP contribution in [0.5, 0.6) is 0 Å². The Labute approximate surface area is 114 Å². The molecule has 0 amide bonds. The molecule has 20 heavy (non-hydrogen) atoms. The van der Waals surface area contributed by atoms with Gasteiger partial charge in [0, 0.05) is 0 Å². The summed E-state index contributed by atoms with van der Waals surface area (Å²) in [5, 5.41) is -1.68. The van der Waals surface area contributed by atoms with E-state index in [0.717, 1.165) is 0 Å². The van der Waals surface area contributed by atoms with E-state index < -0.39 is 36.1 Å². The molecule has 1 aliphatic rings. The molecule has 2 rings (SSSR count). The number of fused-ring (bicyclic) bond motifs is 1. The van der Waals surface area contributed by atoms with Crippen LogP contribution < -0.4 is 0 Å². The van der Waals surface area contributed by atoms with E-state index >= 15 is 0 Å². The van der Waals surface area contributed by atoms with Crippen molar-refractivity contribution in [2.45, 2.75) is 5.25 Å². The summed E-state index contributed by atoms with van der Waals surface area (Å²) < 4.78 is 63.5. The van der Waals surface area contributed by atoms with Gasteiger partial charge in [0.15, 0.2) is 4.91 Å². The lowest BCUT2D eigenvalue weighted by molar-refractivity contribution is -0.00278. The van der Waals surface area contributed by atoms with Crippen LogP contribution in [0.1, 0.15) is 16.4 Å². The lowest BCUT2D eigenvalue weighted by Gasteiger charge is -2.18. The molecule has 1 aliphatic carbocycles. The van der Waals surface area contributed by atoms with Gasteiger partial charge in [0.25, 0.3) is 10.1 Å². The lowest BCUT2D eigenvalue weighted by Crippen LogP contribution is -2.25. The van der Waals surface area contributed by atoms with E-state index in [2.05, 4.69) is 4.79 Å². The predicted molar refractivity (Wildman–Crippen MR) is 68.1 cm³/mol. The van der Waals surface area contributed by atoms with Crippen molar-refractivity contribution in [2.75, 3.05) is 0 Å². The zero-order valence-corrected chi connectivity index (χ0v) is 11.3. The van der Waals surface area contributed by atoms with Crippen molar-refractivity contribution in [3.05, 3.63) is 51.9 Å². The van der Waals surface area contributed by atoms with Crippen LogP contribution in [-0.2, 0) is 20.2 Å². The summed E-state index contributed by atoms with van der Waals surface area (Å²) in [5.74, 6) is 0. The number of nitrogens with zero attached hydrogens (tertiary/aromatic N) is 2. The average molecular weight is 316 g/mol. The fourth-order valence-corrected chi connectivity index (χ4v) is 3.58. The van der Waals surface area contributed by atoms with Crippen LogP contribution in [0.15, 0.2) is 35.2 Å². The van der Waals surface area contributed by atoms with E-state index in [1.165, 1.54) is 24.3 Å². The third kappa shape index (κ3) is 2.42. The number of allylic oxidation sites excluding steroid dienone is 1. The molecule has 2 N–H and O–H groups in total. The highest BCUT2D eigenvalue weighted by molar-refractivity contribution is 7.91. The van der Waals surface area contributed by atoms with Gasteiger partial charge in [0.1, 0.15) is 5.25 Å². The second-order valence-electron chi connectivity index (χ2n) is 3.98. The van der Waals surface area contributed by atoms with Crippen LogP contribution in [0, 0.1) is 0 Å². The molecular weight excluding hydrogens is 308 g/mol. The predicted octanol–water partition coefficient (Wildman–Crippen LogP) is 0.420. The van der Waals surface area contributed by atoms with Gasteiger partial charge < -0.3 is 5.53 Å². The van der Waals surface area contributed by atoms with Gasteiger partial charge in [0.05, 0.1) is 5.56 Å². The number of hydrogen-bond donors (Lipinski definition) is 2. The Hall–Kier alpha value is -1.84. The van der Waals surface area contributed by atoms with Crippen LogP contribution in [0.4, 0.5) is 0 Å². The van der Waals surface area contributed by atoms with Crippen molar-refractivity contribution < 1.29 is 30.7 Å². The van der Waals surface area contributed by atoms with Gasteiger partial charge in [-0.3, -0.25) is 9.11 Å². The minimum absolute atomic E-state index is 0.0206. The number of benzene rings is 1. The quantitative estimate of drug-likeness (QED) is 0.459. The minimum atomic E-state index is -4.83. The van der Waals surface area contributed by atoms with Crippen molar-refractivity contribution >= 4 is 25.9 Å². The maximum atomic E-state index is 11.3. The molecule has 0 aromatic heterocycles.